The molecule has 0 aliphatic carbocycles. The van der Waals surface area contributed by atoms with E-state index in [-0.39, 0.29) is 19.1 Å². The lowest BCUT2D eigenvalue weighted by atomic mass is 10.1. The van der Waals surface area contributed by atoms with Crippen LogP contribution in [0.15, 0.2) is 48.5 Å². The van der Waals surface area contributed by atoms with E-state index >= 15 is 0 Å². The van der Waals surface area contributed by atoms with Crippen LogP contribution in [0, 0.1) is 0 Å². The van der Waals surface area contributed by atoms with Crippen molar-refractivity contribution in [3.63, 3.8) is 0 Å². The Bertz CT molecular complexity index is 1010. The summed E-state index contributed by atoms with van der Waals surface area (Å²) < 4.78 is 31.8. The van der Waals surface area contributed by atoms with Crippen molar-refractivity contribution in [2.75, 3.05) is 27.7 Å². The zero-order chi connectivity index (χ0) is 20.6. The highest BCUT2D eigenvalue weighted by atomic mass is 35.5. The Kier molecular flexibility index (Phi) is 5.44. The first-order valence-electron chi connectivity index (χ1n) is 9.23. The number of hydrogen-bond donors (Lipinski definition) is 1. The molecule has 0 spiro atoms. The van der Waals surface area contributed by atoms with Gasteiger partial charge in [-0.3, -0.25) is 9.10 Å². The molecule has 2 saturated heterocycles. The molecule has 2 aliphatic rings. The number of carbonyl (C=O) groups is 1. The van der Waals surface area contributed by atoms with Crippen LogP contribution in [-0.2, 0) is 14.8 Å². The summed E-state index contributed by atoms with van der Waals surface area (Å²) in [7, 11) is -3.88. The van der Waals surface area contributed by atoms with Crippen LogP contribution in [0.2, 0.25) is 5.02 Å². The summed E-state index contributed by atoms with van der Waals surface area (Å²) in [5, 5.41) is 3.27. The van der Waals surface area contributed by atoms with Gasteiger partial charge in [0.15, 0.2) is 4.75 Å². The second kappa shape index (κ2) is 7.74. The molecule has 1 amide bonds. The number of anilines is 2. The Morgan fingerprint density at radius 2 is 1.83 bits per heavy atom. The Morgan fingerprint density at radius 3 is 2.41 bits per heavy atom. The average molecular weight is 453 g/mol. The first-order valence-corrected chi connectivity index (χ1v) is 12.2. The summed E-state index contributed by atoms with van der Waals surface area (Å²) in [5.74, 6) is 2.16. The molecular formula is C20H21ClN2O4S2. The van der Waals surface area contributed by atoms with Gasteiger partial charge >= 0.3 is 0 Å². The van der Waals surface area contributed by atoms with Crippen molar-refractivity contribution in [2.45, 2.75) is 24.2 Å². The van der Waals surface area contributed by atoms with Gasteiger partial charge in [0.2, 0.25) is 15.9 Å². The highest BCUT2D eigenvalue weighted by molar-refractivity contribution is 8.00. The quantitative estimate of drug-likeness (QED) is 0.747. The van der Waals surface area contributed by atoms with Gasteiger partial charge in [-0.15, -0.1) is 0 Å². The minimum absolute atomic E-state index is 0.199. The number of amides is 1. The lowest BCUT2D eigenvalue weighted by Crippen LogP contribution is -2.47. The van der Waals surface area contributed by atoms with Gasteiger partial charge in [0.1, 0.15) is 11.9 Å². The van der Waals surface area contributed by atoms with E-state index < -0.39 is 20.7 Å². The SMILES string of the molecule is CC1(C(=O)Nc2ccc(OC3CSC3)cc2)CCN(c2ccc(Cl)cc2)S1(=O)=O. The van der Waals surface area contributed by atoms with Crippen LogP contribution in [0.3, 0.4) is 0 Å². The summed E-state index contributed by atoms with van der Waals surface area (Å²) in [4.78, 5) is 12.9. The lowest BCUT2D eigenvalue weighted by Gasteiger charge is -2.26. The number of rotatable bonds is 5. The van der Waals surface area contributed by atoms with Crippen molar-refractivity contribution in [1.29, 1.82) is 0 Å². The zero-order valence-corrected chi connectivity index (χ0v) is 18.2. The van der Waals surface area contributed by atoms with Crippen LogP contribution in [0.1, 0.15) is 13.3 Å². The second-order valence-electron chi connectivity index (χ2n) is 7.29. The maximum absolute atomic E-state index is 13.2. The summed E-state index contributed by atoms with van der Waals surface area (Å²) in [5.41, 5.74) is 1.04. The van der Waals surface area contributed by atoms with Gasteiger partial charge in [-0.1, -0.05) is 11.6 Å². The zero-order valence-electron chi connectivity index (χ0n) is 15.8. The predicted octanol–water partition coefficient (Wildman–Crippen LogP) is 3.77. The monoisotopic (exact) mass is 452 g/mol. The summed E-state index contributed by atoms with van der Waals surface area (Å²) >= 11 is 7.73. The van der Waals surface area contributed by atoms with Crippen LogP contribution in [0.5, 0.6) is 5.75 Å². The summed E-state index contributed by atoms with van der Waals surface area (Å²) in [6, 6.07) is 13.6. The predicted molar refractivity (Wildman–Crippen MR) is 118 cm³/mol. The standard InChI is InChI=1S/C20H21ClN2O4S2/c1-20(10-11-23(29(20,25)26)16-6-2-14(21)3-7-16)19(24)22-15-4-8-17(9-5-15)27-18-12-28-13-18/h2-9,18H,10-13H2,1H3,(H,22,24). The second-order valence-corrected chi connectivity index (χ2v) is 11.1. The number of benzene rings is 2. The molecular weight excluding hydrogens is 432 g/mol. The van der Waals surface area contributed by atoms with Gasteiger partial charge in [-0.2, -0.15) is 11.8 Å². The molecule has 0 radical (unpaired) electrons. The van der Waals surface area contributed by atoms with Crippen molar-refractivity contribution in [2.24, 2.45) is 0 Å². The van der Waals surface area contributed by atoms with E-state index in [1.54, 1.807) is 48.5 Å². The molecule has 1 atom stereocenters. The number of sulfonamides is 1. The van der Waals surface area contributed by atoms with Gasteiger partial charge in [0.05, 0.1) is 5.69 Å². The van der Waals surface area contributed by atoms with Gasteiger partial charge in [0, 0.05) is 28.8 Å². The molecule has 1 N–H and O–H groups in total. The number of nitrogens with zero attached hydrogens (tertiary/aromatic N) is 1. The first-order chi connectivity index (χ1) is 13.8. The third-order valence-corrected chi connectivity index (χ3v) is 9.24. The Morgan fingerprint density at radius 1 is 1.17 bits per heavy atom. The fourth-order valence-electron chi connectivity index (χ4n) is 3.27. The largest absolute Gasteiger partial charge is 0.489 e. The topological polar surface area (TPSA) is 75.7 Å². The summed E-state index contributed by atoms with van der Waals surface area (Å²) in [6.07, 6.45) is 0.437. The third kappa shape index (κ3) is 3.81. The van der Waals surface area contributed by atoms with Gasteiger partial charge in [-0.05, 0) is 61.9 Å². The Labute approximate surface area is 179 Å². The highest BCUT2D eigenvalue weighted by Gasteiger charge is 2.54. The van der Waals surface area contributed by atoms with Crippen LogP contribution in [0.25, 0.3) is 0 Å². The van der Waals surface area contributed by atoms with Crippen LogP contribution in [-0.4, -0.2) is 43.2 Å². The molecule has 2 aliphatic heterocycles. The molecule has 0 aromatic heterocycles. The molecule has 2 fully saturated rings. The van der Waals surface area contributed by atoms with Crippen molar-refractivity contribution < 1.29 is 17.9 Å². The molecule has 0 saturated carbocycles. The molecule has 29 heavy (non-hydrogen) atoms. The number of thioether (sulfide) groups is 1. The molecule has 0 bridgehead atoms. The van der Waals surface area contributed by atoms with E-state index in [1.165, 1.54) is 11.2 Å². The fourth-order valence-corrected chi connectivity index (χ4v) is 5.81. The van der Waals surface area contributed by atoms with Crippen molar-refractivity contribution in [1.82, 2.24) is 0 Å². The molecule has 4 rings (SSSR count). The molecule has 2 aromatic carbocycles. The first kappa shape index (κ1) is 20.4. The van der Waals surface area contributed by atoms with E-state index in [0.717, 1.165) is 17.3 Å². The Hall–Kier alpha value is -1.90. The number of halogens is 1. The average Bonchev–Trinajstić information content (AvgIpc) is 2.91. The van der Waals surface area contributed by atoms with E-state index in [2.05, 4.69) is 5.32 Å². The molecule has 2 heterocycles. The van der Waals surface area contributed by atoms with Gasteiger partial charge < -0.3 is 10.1 Å². The highest BCUT2D eigenvalue weighted by Crippen LogP contribution is 2.37. The van der Waals surface area contributed by atoms with Gasteiger partial charge in [-0.25, -0.2) is 8.42 Å². The van der Waals surface area contributed by atoms with E-state index in [9.17, 15) is 13.2 Å². The number of carbonyl (C=O) groups excluding carboxylic acids is 1. The number of nitrogens with one attached hydrogen (secondary N) is 1. The van der Waals surface area contributed by atoms with Crippen molar-refractivity contribution >= 4 is 50.7 Å². The minimum Gasteiger partial charge on any atom is -0.489 e. The third-order valence-electron chi connectivity index (χ3n) is 5.27. The van der Waals surface area contributed by atoms with Gasteiger partial charge in [0.25, 0.3) is 0 Å². The number of ether oxygens (including phenoxy) is 1. The van der Waals surface area contributed by atoms with Crippen LogP contribution >= 0.6 is 23.4 Å². The van der Waals surface area contributed by atoms with E-state index in [0.29, 0.717) is 16.4 Å². The molecule has 1 unspecified atom stereocenters. The summed E-state index contributed by atoms with van der Waals surface area (Å²) in [6.45, 7) is 1.71. The van der Waals surface area contributed by atoms with Crippen molar-refractivity contribution in [3.8, 4) is 5.75 Å². The number of hydrogen-bond acceptors (Lipinski definition) is 5. The van der Waals surface area contributed by atoms with Crippen LogP contribution in [0.4, 0.5) is 11.4 Å². The minimum atomic E-state index is -3.88. The molecule has 2 aromatic rings. The molecule has 6 nitrogen and oxygen atoms in total. The van der Waals surface area contributed by atoms with Crippen LogP contribution < -0.4 is 14.4 Å². The van der Waals surface area contributed by atoms with Crippen molar-refractivity contribution in [3.05, 3.63) is 53.6 Å². The molecule has 9 heteroatoms. The van der Waals surface area contributed by atoms with E-state index in [1.807, 2.05) is 11.8 Å². The Balaban J connectivity index is 1.48. The smallest absolute Gasteiger partial charge is 0.249 e. The normalized spacial score (nSPS) is 23.4. The molecule has 154 valence electrons. The lowest BCUT2D eigenvalue weighted by molar-refractivity contribution is -0.118. The maximum Gasteiger partial charge on any atom is 0.249 e. The fraction of sp³-hybridized carbons (Fsp3) is 0.350. The van der Waals surface area contributed by atoms with E-state index in [4.69, 9.17) is 16.3 Å². The maximum atomic E-state index is 13.2.